The molecule has 1 aromatic carbocycles. The van der Waals surface area contributed by atoms with Crippen molar-refractivity contribution in [1.82, 2.24) is 14.7 Å². The fourth-order valence-electron chi connectivity index (χ4n) is 6.55. The Morgan fingerprint density at radius 1 is 1.00 bits per heavy atom. The second kappa shape index (κ2) is 8.48. The highest BCUT2D eigenvalue weighted by Gasteiger charge is 2.74. The van der Waals surface area contributed by atoms with Gasteiger partial charge in [-0.25, -0.2) is 0 Å². The van der Waals surface area contributed by atoms with Crippen LogP contribution in [0.15, 0.2) is 54.6 Å². The van der Waals surface area contributed by atoms with Crippen LogP contribution in [-0.4, -0.2) is 85.3 Å². The van der Waals surface area contributed by atoms with Gasteiger partial charge in [0, 0.05) is 30.4 Å². The Morgan fingerprint density at radius 2 is 1.67 bits per heavy atom. The van der Waals surface area contributed by atoms with Crippen molar-refractivity contribution >= 4 is 29.5 Å². The fourth-order valence-corrected chi connectivity index (χ4v) is 8.70. The summed E-state index contributed by atoms with van der Waals surface area (Å²) in [6.45, 7) is 8.59. The second-order valence-corrected chi connectivity index (χ2v) is 13.3. The van der Waals surface area contributed by atoms with E-state index in [1.54, 1.807) is 28.6 Å². The Morgan fingerprint density at radius 3 is 2.31 bits per heavy atom. The van der Waals surface area contributed by atoms with Crippen molar-refractivity contribution in [3.63, 3.8) is 0 Å². The number of fused-ring (bicyclic) bond motifs is 2. The number of benzene rings is 1. The molecule has 0 radical (unpaired) electrons. The SMILES string of the molecule is CN1CC=C[C@]2(C)S[C@]34C=CCN(C(C)(C)C)C(=O)C3N([C@H](CO)c3ccccc3)C(=O)[C@@H]4[C@@H]2C1=O. The summed E-state index contributed by atoms with van der Waals surface area (Å²) in [5.74, 6) is -1.79. The van der Waals surface area contributed by atoms with Crippen molar-refractivity contribution in [1.29, 1.82) is 0 Å². The fraction of sp³-hybridized carbons (Fsp3) is 0.536. The predicted molar refractivity (Wildman–Crippen MR) is 140 cm³/mol. The molecular weight excluding hydrogens is 474 g/mol. The summed E-state index contributed by atoms with van der Waals surface area (Å²) in [4.78, 5) is 47.7. The molecule has 0 bridgehead atoms. The minimum absolute atomic E-state index is 0.0798. The van der Waals surface area contributed by atoms with E-state index < -0.39 is 39.0 Å². The molecule has 0 saturated carbocycles. The number of nitrogens with zero attached hydrogens (tertiary/aromatic N) is 3. The van der Waals surface area contributed by atoms with E-state index in [4.69, 9.17) is 0 Å². The van der Waals surface area contributed by atoms with Crippen LogP contribution in [0.1, 0.15) is 39.3 Å². The lowest BCUT2D eigenvalue weighted by atomic mass is 9.74. The highest BCUT2D eigenvalue weighted by Crippen LogP contribution is 2.66. The molecule has 6 atom stereocenters. The summed E-state index contributed by atoms with van der Waals surface area (Å²) in [6.07, 6.45) is 8.05. The number of carbonyl (C=O) groups excluding carboxylic acids is 3. The molecule has 0 aromatic heterocycles. The number of thioether (sulfide) groups is 1. The Labute approximate surface area is 217 Å². The third-order valence-electron chi connectivity index (χ3n) is 8.20. The van der Waals surface area contributed by atoms with Gasteiger partial charge in [-0.3, -0.25) is 14.4 Å². The van der Waals surface area contributed by atoms with Gasteiger partial charge in [0.2, 0.25) is 17.7 Å². The number of amides is 3. The first-order valence-electron chi connectivity index (χ1n) is 12.6. The maximum atomic E-state index is 14.5. The molecule has 7 nitrogen and oxygen atoms in total. The first kappa shape index (κ1) is 25.1. The standard InChI is InChI=1S/C28H35N3O4S/c1-26(2,3)30-16-10-14-28-21(20-23(33)29(5)15-9-13-27(20,4)36-28)24(34)31(22(28)25(30)35)19(17-32)18-11-7-6-8-12-18/h6-14,19-22,32H,15-17H2,1-5H3/t19-,20-,21+,22?,27+,28+/m1/s1. The molecule has 1 unspecified atom stereocenters. The summed E-state index contributed by atoms with van der Waals surface area (Å²) in [6, 6.07) is 7.83. The molecular formula is C28H35N3O4S. The molecule has 0 aliphatic carbocycles. The zero-order valence-corrected chi connectivity index (χ0v) is 22.4. The topological polar surface area (TPSA) is 81.2 Å². The number of carbonyl (C=O) groups is 3. The van der Waals surface area contributed by atoms with Crippen molar-refractivity contribution in [3.8, 4) is 0 Å². The van der Waals surface area contributed by atoms with E-state index in [0.717, 1.165) is 5.56 Å². The van der Waals surface area contributed by atoms with Crippen LogP contribution < -0.4 is 0 Å². The molecule has 1 N–H and O–H groups in total. The van der Waals surface area contributed by atoms with E-state index >= 15 is 0 Å². The van der Waals surface area contributed by atoms with Crippen molar-refractivity contribution < 1.29 is 19.5 Å². The number of likely N-dealkylation sites (tertiary alicyclic amines) is 1. The average molecular weight is 510 g/mol. The van der Waals surface area contributed by atoms with Crippen LogP contribution >= 0.6 is 11.8 Å². The smallest absolute Gasteiger partial charge is 0.247 e. The monoisotopic (exact) mass is 509 g/mol. The number of hydrogen-bond donors (Lipinski definition) is 1. The Kier molecular flexibility index (Phi) is 5.91. The molecule has 36 heavy (non-hydrogen) atoms. The van der Waals surface area contributed by atoms with E-state index in [1.165, 1.54) is 0 Å². The van der Waals surface area contributed by atoms with Crippen molar-refractivity contribution in [2.75, 3.05) is 26.7 Å². The van der Waals surface area contributed by atoms with Crippen molar-refractivity contribution in [2.45, 2.75) is 54.8 Å². The molecule has 2 fully saturated rings. The number of aliphatic hydroxyl groups excluding tert-OH is 1. The highest BCUT2D eigenvalue weighted by molar-refractivity contribution is 8.02. The summed E-state index contributed by atoms with van der Waals surface area (Å²) >= 11 is 1.57. The maximum Gasteiger partial charge on any atom is 0.247 e. The zero-order valence-electron chi connectivity index (χ0n) is 21.5. The number of rotatable bonds is 3. The summed E-state index contributed by atoms with van der Waals surface area (Å²) < 4.78 is -1.55. The van der Waals surface area contributed by atoms with Gasteiger partial charge in [-0.05, 0) is 33.3 Å². The summed E-state index contributed by atoms with van der Waals surface area (Å²) in [5.41, 5.74) is 0.304. The lowest BCUT2D eigenvalue weighted by Gasteiger charge is -2.42. The van der Waals surface area contributed by atoms with Gasteiger partial charge in [-0.2, -0.15) is 0 Å². The maximum absolute atomic E-state index is 14.5. The van der Waals surface area contributed by atoms with E-state index in [9.17, 15) is 19.5 Å². The Bertz CT molecular complexity index is 1150. The van der Waals surface area contributed by atoms with Gasteiger partial charge in [-0.15, -0.1) is 11.8 Å². The van der Waals surface area contributed by atoms with E-state index in [-0.39, 0.29) is 24.3 Å². The Hall–Kier alpha value is -2.58. The van der Waals surface area contributed by atoms with Crippen LogP contribution in [0.5, 0.6) is 0 Å². The molecule has 3 amide bonds. The van der Waals surface area contributed by atoms with Crippen molar-refractivity contribution in [2.24, 2.45) is 11.8 Å². The summed E-state index contributed by atoms with van der Waals surface area (Å²) in [7, 11) is 1.76. The van der Waals surface area contributed by atoms with Crippen molar-refractivity contribution in [3.05, 3.63) is 60.2 Å². The van der Waals surface area contributed by atoms with Crippen LogP contribution in [0.2, 0.25) is 0 Å². The molecule has 192 valence electrons. The van der Waals surface area contributed by atoms with Gasteiger partial charge in [0.25, 0.3) is 0 Å². The first-order chi connectivity index (χ1) is 17.0. The van der Waals surface area contributed by atoms with Crippen LogP contribution in [0.3, 0.4) is 0 Å². The molecule has 1 aromatic rings. The van der Waals surface area contributed by atoms with E-state index in [2.05, 4.69) is 6.08 Å². The average Bonchev–Trinajstić information content (AvgIpc) is 3.09. The normalized spacial score (nSPS) is 34.9. The third-order valence-corrected chi connectivity index (χ3v) is 10.00. The third kappa shape index (κ3) is 3.48. The number of aliphatic hydroxyl groups is 1. The second-order valence-electron chi connectivity index (χ2n) is 11.5. The van der Waals surface area contributed by atoms with Crippen LogP contribution in [-0.2, 0) is 14.4 Å². The van der Waals surface area contributed by atoms with Gasteiger partial charge in [-0.1, -0.05) is 54.6 Å². The van der Waals surface area contributed by atoms with Gasteiger partial charge in [0.15, 0.2) is 0 Å². The molecule has 1 spiro atoms. The van der Waals surface area contributed by atoms with Crippen LogP contribution in [0.25, 0.3) is 0 Å². The first-order valence-corrected chi connectivity index (χ1v) is 13.4. The molecule has 8 heteroatoms. The lowest BCUT2D eigenvalue weighted by molar-refractivity contribution is -0.149. The minimum Gasteiger partial charge on any atom is -0.394 e. The summed E-state index contributed by atoms with van der Waals surface area (Å²) in [5, 5.41) is 10.6. The lowest BCUT2D eigenvalue weighted by Crippen LogP contribution is -2.58. The molecule has 5 rings (SSSR count). The number of likely N-dealkylation sites (N-methyl/N-ethyl adjacent to an activating group) is 1. The van der Waals surface area contributed by atoms with Gasteiger partial charge >= 0.3 is 0 Å². The van der Waals surface area contributed by atoms with Crippen LogP contribution in [0, 0.1) is 11.8 Å². The quantitative estimate of drug-likeness (QED) is 0.634. The zero-order chi connectivity index (χ0) is 26.0. The van der Waals surface area contributed by atoms with E-state index in [0.29, 0.717) is 13.1 Å². The molecule has 4 aliphatic heterocycles. The predicted octanol–water partition coefficient (Wildman–Crippen LogP) is 2.63. The van der Waals surface area contributed by atoms with Crippen LogP contribution in [0.4, 0.5) is 0 Å². The highest BCUT2D eigenvalue weighted by atomic mass is 32.2. The molecule has 2 saturated heterocycles. The van der Waals surface area contributed by atoms with E-state index in [1.807, 2.05) is 81.2 Å². The molecule has 4 aliphatic rings. The van der Waals surface area contributed by atoms with Gasteiger partial charge in [0.05, 0.1) is 29.2 Å². The minimum atomic E-state index is -0.923. The number of hydrogen-bond acceptors (Lipinski definition) is 5. The Balaban J connectivity index is 1.73. The van der Waals surface area contributed by atoms with Gasteiger partial charge in [0.1, 0.15) is 6.04 Å². The molecule has 4 heterocycles. The van der Waals surface area contributed by atoms with Gasteiger partial charge < -0.3 is 19.8 Å². The largest absolute Gasteiger partial charge is 0.394 e.